The highest BCUT2D eigenvalue weighted by atomic mass is 35.5. The smallest absolute Gasteiger partial charge is 0.291 e. The molecule has 18 nitrogen and oxygen atoms in total. The first-order valence-corrected chi connectivity index (χ1v) is 14.4. The van der Waals surface area contributed by atoms with E-state index in [1.807, 2.05) is 0 Å². The number of amides is 5. The Hall–Kier alpha value is -6.30. The van der Waals surface area contributed by atoms with Gasteiger partial charge in [0.25, 0.3) is 29.5 Å². The zero-order chi connectivity index (χ0) is 35.3. The Kier molecular flexibility index (Phi) is 10.4. The van der Waals surface area contributed by atoms with Crippen molar-refractivity contribution in [3.05, 3.63) is 77.5 Å². The van der Waals surface area contributed by atoms with E-state index >= 15 is 0 Å². The molecule has 0 aliphatic rings. The predicted molar refractivity (Wildman–Crippen MR) is 177 cm³/mol. The summed E-state index contributed by atoms with van der Waals surface area (Å²) in [5.41, 5.74) is 7.12. The highest BCUT2D eigenvalue weighted by Gasteiger charge is 2.21. The topological polar surface area (TPSA) is 237 Å². The van der Waals surface area contributed by atoms with E-state index in [9.17, 15) is 24.0 Å². The van der Waals surface area contributed by atoms with Gasteiger partial charge in [-0.2, -0.15) is 0 Å². The molecule has 0 spiro atoms. The van der Waals surface area contributed by atoms with Crippen LogP contribution >= 0.6 is 11.6 Å². The maximum atomic E-state index is 13.1. The SMILES string of the molecule is C=C(Cl)C(=O)Nc1cn(C)c(C(=O)Nc2cc(C(=O)Nc3cc(C(=O)Nc4cc(C(=O)NCCC(N)=NO)n(C)c4)n(C)c3)n(C)c2)n1. The normalized spacial score (nSPS) is 11.1. The summed E-state index contributed by atoms with van der Waals surface area (Å²) < 4.78 is 5.98. The maximum absolute atomic E-state index is 13.1. The number of aryl methyl sites for hydroxylation is 4. The minimum Gasteiger partial charge on any atom is -0.409 e. The molecule has 4 aromatic rings. The largest absolute Gasteiger partial charge is 0.409 e. The van der Waals surface area contributed by atoms with Gasteiger partial charge in [-0.1, -0.05) is 23.3 Å². The standard InChI is InChI=1S/C29H33ClN12O6/c1-15(30)25(43)37-23-14-42(5)24(36-23)29(47)35-18-10-21(41(4)13-18)28(46)34-17-9-20(40(3)12-17)27(45)33-16-8-19(39(2)11-16)26(44)32-7-6-22(31)38-48/h8-14,48H,1,6-7H2,2-5H3,(H2,31,38)(H,32,44)(H,33,45)(H,34,46)(H,35,47)(H,37,43). The van der Waals surface area contributed by atoms with Crippen LogP contribution in [0.5, 0.6) is 0 Å². The number of carbonyl (C=O) groups excluding carboxylic acids is 5. The molecule has 19 heteroatoms. The van der Waals surface area contributed by atoms with Crippen LogP contribution in [-0.4, -0.2) is 70.4 Å². The summed E-state index contributed by atoms with van der Waals surface area (Å²) in [6.07, 6.45) is 6.25. The molecule has 0 fully saturated rings. The van der Waals surface area contributed by atoms with Gasteiger partial charge in [0.2, 0.25) is 5.82 Å². The summed E-state index contributed by atoms with van der Waals surface area (Å²) in [5, 5.41) is 24.4. The summed E-state index contributed by atoms with van der Waals surface area (Å²) in [6, 6.07) is 4.45. The molecule has 0 bridgehead atoms. The van der Waals surface area contributed by atoms with Crippen molar-refractivity contribution in [2.45, 2.75) is 6.42 Å². The van der Waals surface area contributed by atoms with Gasteiger partial charge in [0.05, 0.1) is 22.1 Å². The van der Waals surface area contributed by atoms with Crippen LogP contribution in [0.2, 0.25) is 0 Å². The highest BCUT2D eigenvalue weighted by molar-refractivity contribution is 6.43. The summed E-state index contributed by atoms with van der Waals surface area (Å²) >= 11 is 5.58. The van der Waals surface area contributed by atoms with Crippen LogP contribution in [0.3, 0.4) is 0 Å². The monoisotopic (exact) mass is 680 g/mol. The number of hydrogen-bond acceptors (Lipinski definition) is 8. The van der Waals surface area contributed by atoms with E-state index in [1.54, 1.807) is 40.6 Å². The van der Waals surface area contributed by atoms with Gasteiger partial charge in [-0.3, -0.25) is 24.0 Å². The van der Waals surface area contributed by atoms with Crippen molar-refractivity contribution in [2.24, 2.45) is 39.1 Å². The molecule has 0 atom stereocenters. The molecule has 5 amide bonds. The molecule has 4 aromatic heterocycles. The number of hydrogen-bond donors (Lipinski definition) is 7. The van der Waals surface area contributed by atoms with Crippen LogP contribution in [0.4, 0.5) is 22.9 Å². The van der Waals surface area contributed by atoms with E-state index in [4.69, 9.17) is 22.5 Å². The van der Waals surface area contributed by atoms with Crippen LogP contribution in [0, 0.1) is 0 Å². The minimum atomic E-state index is -0.659. The lowest BCUT2D eigenvalue weighted by atomic mass is 10.3. The van der Waals surface area contributed by atoms with E-state index in [0.29, 0.717) is 17.1 Å². The van der Waals surface area contributed by atoms with Gasteiger partial charge >= 0.3 is 0 Å². The number of carbonyl (C=O) groups is 5. The summed E-state index contributed by atoms with van der Waals surface area (Å²) in [4.78, 5) is 67.5. The van der Waals surface area contributed by atoms with Gasteiger partial charge in [0.1, 0.15) is 22.9 Å². The number of anilines is 4. The molecule has 48 heavy (non-hydrogen) atoms. The van der Waals surface area contributed by atoms with E-state index in [-0.39, 0.29) is 52.6 Å². The second-order valence-corrected chi connectivity index (χ2v) is 11.0. The molecule has 0 aliphatic heterocycles. The van der Waals surface area contributed by atoms with E-state index < -0.39 is 29.5 Å². The Labute approximate surface area is 278 Å². The Morgan fingerprint density at radius 2 is 1.23 bits per heavy atom. The summed E-state index contributed by atoms with van der Waals surface area (Å²) in [6.45, 7) is 3.49. The van der Waals surface area contributed by atoms with Crippen LogP contribution < -0.4 is 32.3 Å². The number of nitrogens with one attached hydrogen (secondary N) is 5. The third-order valence-electron chi connectivity index (χ3n) is 6.85. The molecule has 0 aliphatic carbocycles. The Bertz CT molecular complexity index is 1960. The molecule has 0 unspecified atom stereocenters. The Morgan fingerprint density at radius 3 is 1.69 bits per heavy atom. The van der Waals surface area contributed by atoms with Gasteiger partial charge in [-0.15, -0.1) is 0 Å². The average Bonchev–Trinajstić information content (AvgIpc) is 3.78. The van der Waals surface area contributed by atoms with Gasteiger partial charge in [0.15, 0.2) is 5.82 Å². The number of halogens is 1. The van der Waals surface area contributed by atoms with Crippen molar-refractivity contribution in [1.29, 1.82) is 0 Å². The van der Waals surface area contributed by atoms with Crippen molar-refractivity contribution < 1.29 is 29.2 Å². The molecule has 252 valence electrons. The first-order valence-electron chi connectivity index (χ1n) is 14.0. The first kappa shape index (κ1) is 34.6. The van der Waals surface area contributed by atoms with Crippen molar-refractivity contribution in [3.8, 4) is 0 Å². The fraction of sp³-hybridized carbons (Fsp3) is 0.207. The van der Waals surface area contributed by atoms with Crippen LogP contribution in [0.1, 0.15) is 48.5 Å². The minimum absolute atomic E-state index is 0.0132. The molecule has 0 radical (unpaired) electrons. The molecular formula is C29H33ClN12O6. The predicted octanol–water partition coefficient (Wildman–Crippen LogP) is 1.75. The maximum Gasteiger partial charge on any atom is 0.291 e. The first-order chi connectivity index (χ1) is 22.7. The van der Waals surface area contributed by atoms with Crippen molar-refractivity contribution in [3.63, 3.8) is 0 Å². The molecule has 4 rings (SSSR count). The lowest BCUT2D eigenvalue weighted by Gasteiger charge is -2.04. The number of oxime groups is 1. The van der Waals surface area contributed by atoms with Crippen LogP contribution in [0.25, 0.3) is 0 Å². The zero-order valence-electron chi connectivity index (χ0n) is 26.3. The van der Waals surface area contributed by atoms with Gasteiger partial charge in [0, 0.05) is 65.9 Å². The Balaban J connectivity index is 1.38. The van der Waals surface area contributed by atoms with Gasteiger partial charge in [-0.25, -0.2) is 4.98 Å². The molecule has 0 saturated carbocycles. The molecule has 4 heterocycles. The van der Waals surface area contributed by atoms with Gasteiger partial charge in [-0.05, 0) is 18.2 Å². The van der Waals surface area contributed by atoms with Crippen LogP contribution in [-0.2, 0) is 33.0 Å². The summed E-state index contributed by atoms with van der Waals surface area (Å²) in [7, 11) is 6.46. The lowest BCUT2D eigenvalue weighted by Crippen LogP contribution is -2.29. The second kappa shape index (κ2) is 14.4. The van der Waals surface area contributed by atoms with Crippen molar-refractivity contribution in [2.75, 3.05) is 27.8 Å². The zero-order valence-corrected chi connectivity index (χ0v) is 27.0. The number of rotatable bonds is 12. The number of amidine groups is 1. The number of nitrogens with two attached hydrogens (primary N) is 1. The number of nitrogens with zero attached hydrogens (tertiary/aromatic N) is 6. The van der Waals surface area contributed by atoms with Crippen molar-refractivity contribution >= 4 is 69.9 Å². The fourth-order valence-corrected chi connectivity index (χ4v) is 4.57. The third-order valence-corrected chi connectivity index (χ3v) is 7.02. The van der Waals surface area contributed by atoms with Crippen LogP contribution in [0.15, 0.2) is 59.8 Å². The average molecular weight is 681 g/mol. The fourth-order valence-electron chi connectivity index (χ4n) is 4.52. The second-order valence-electron chi connectivity index (χ2n) is 10.6. The molecular weight excluding hydrogens is 648 g/mol. The third kappa shape index (κ3) is 8.10. The lowest BCUT2D eigenvalue weighted by molar-refractivity contribution is -0.112. The number of aromatic nitrogens is 5. The van der Waals surface area contributed by atoms with E-state index in [2.05, 4.69) is 43.3 Å². The number of imidazole rings is 1. The quantitative estimate of drug-likeness (QED) is 0.0382. The Morgan fingerprint density at radius 1 is 0.771 bits per heavy atom. The summed E-state index contributed by atoms with van der Waals surface area (Å²) in [5.74, 6) is -2.60. The highest BCUT2D eigenvalue weighted by Crippen LogP contribution is 2.20. The molecule has 8 N–H and O–H groups in total. The van der Waals surface area contributed by atoms with Crippen molar-refractivity contribution in [1.82, 2.24) is 28.6 Å². The van der Waals surface area contributed by atoms with E-state index in [0.717, 1.165) is 0 Å². The molecule has 0 saturated heterocycles. The molecule has 0 aromatic carbocycles. The van der Waals surface area contributed by atoms with Gasteiger partial charge < -0.3 is 55.8 Å². The van der Waals surface area contributed by atoms with E-state index in [1.165, 1.54) is 48.9 Å².